The van der Waals surface area contributed by atoms with E-state index in [1.807, 2.05) is 0 Å². The standard InChI is InChI=1S/Be.Ca.H2O4S.H2O.4H/c;;1-5(2,3)4;;;;;/h;;(H2,1,2,3,4);1H2;;;;/q2*+2;;;4*-1. The molecule has 0 spiro atoms. The summed E-state index contributed by atoms with van der Waals surface area (Å²) in [6, 6.07) is 0. The molecule has 0 fully saturated rings. The van der Waals surface area contributed by atoms with E-state index >= 15 is 0 Å². The van der Waals surface area contributed by atoms with Gasteiger partial charge in [-0.2, -0.15) is 8.42 Å². The van der Waals surface area contributed by atoms with E-state index in [-0.39, 0.29) is 59.0 Å². The van der Waals surface area contributed by atoms with Crippen molar-refractivity contribution in [1.82, 2.24) is 0 Å². The van der Waals surface area contributed by atoms with Crippen molar-refractivity contribution in [3.8, 4) is 0 Å². The molecule has 8 heavy (non-hydrogen) atoms. The van der Waals surface area contributed by atoms with E-state index in [9.17, 15) is 0 Å². The van der Waals surface area contributed by atoms with E-state index in [2.05, 4.69) is 0 Å². The molecule has 0 unspecified atom stereocenters. The van der Waals surface area contributed by atoms with Crippen molar-refractivity contribution in [2.75, 3.05) is 0 Å². The van der Waals surface area contributed by atoms with Gasteiger partial charge in [-0.3, -0.25) is 9.11 Å². The van der Waals surface area contributed by atoms with Crippen molar-refractivity contribution in [3.63, 3.8) is 0 Å². The average Bonchev–Trinajstić information content (AvgIpc) is 0.722. The van der Waals surface area contributed by atoms with Gasteiger partial charge in [-0.25, -0.2) is 0 Å². The second-order valence-electron chi connectivity index (χ2n) is 0.448. The van der Waals surface area contributed by atoms with Gasteiger partial charge in [0.05, 0.1) is 0 Å². The smallest absolute Gasteiger partial charge is 1.00 e. The normalized spacial score (nSPS) is 7.25. The van der Waals surface area contributed by atoms with E-state index in [0.717, 1.165) is 0 Å². The first-order chi connectivity index (χ1) is 2.00. The van der Waals surface area contributed by atoms with Gasteiger partial charge in [-0.05, 0) is 0 Å². The van der Waals surface area contributed by atoms with Crippen LogP contribution in [0.15, 0.2) is 0 Å². The maximum atomic E-state index is 8.74. The van der Waals surface area contributed by atoms with Crippen molar-refractivity contribution in [2.45, 2.75) is 0 Å². The molecule has 4 N–H and O–H groups in total. The van der Waals surface area contributed by atoms with Crippen molar-refractivity contribution in [1.29, 1.82) is 0 Å². The summed E-state index contributed by atoms with van der Waals surface area (Å²) in [5.74, 6) is 0. The molecule has 0 aliphatic heterocycles. The molecule has 8 heteroatoms. The van der Waals surface area contributed by atoms with Crippen molar-refractivity contribution in [3.05, 3.63) is 0 Å². The van der Waals surface area contributed by atoms with Gasteiger partial charge in [0.25, 0.3) is 0 Å². The quantitative estimate of drug-likeness (QED) is 0.330. The monoisotopic (exact) mass is 169 g/mol. The predicted octanol–water partition coefficient (Wildman–Crippen LogP) is -1.79. The molecule has 0 bridgehead atoms. The summed E-state index contributed by atoms with van der Waals surface area (Å²) in [6.45, 7) is 0. The molecule has 0 aliphatic rings. The molecule has 0 heterocycles. The third-order valence-corrected chi connectivity index (χ3v) is 0. The molecule has 0 radical (unpaired) electrons. The van der Waals surface area contributed by atoms with Crippen LogP contribution in [-0.2, 0) is 10.4 Å². The Labute approximate surface area is 86.5 Å². The van der Waals surface area contributed by atoms with Crippen molar-refractivity contribution < 1.29 is 28.7 Å². The Morgan fingerprint density at radius 1 is 1.25 bits per heavy atom. The summed E-state index contributed by atoms with van der Waals surface area (Å²) in [7, 11) is -4.67. The Kier molecular flexibility index (Phi) is 23.6. The summed E-state index contributed by atoms with van der Waals surface area (Å²) < 4.78 is 31.6. The molecule has 0 amide bonds. The largest absolute Gasteiger partial charge is 2.00 e. The molecule has 0 aromatic heterocycles. The van der Waals surface area contributed by atoms with Crippen LogP contribution in [0.3, 0.4) is 0 Å². The van der Waals surface area contributed by atoms with Crippen LogP contribution in [0.2, 0.25) is 0 Å². The minimum atomic E-state index is -4.67. The summed E-state index contributed by atoms with van der Waals surface area (Å²) in [5, 5.41) is 0. The molecular formula is H8BeCaO5S. The molecule has 5 nitrogen and oxygen atoms in total. The zero-order valence-electron chi connectivity index (χ0n) is 8.03. The summed E-state index contributed by atoms with van der Waals surface area (Å²) in [5.41, 5.74) is 0. The van der Waals surface area contributed by atoms with E-state index in [4.69, 9.17) is 17.5 Å². The second-order valence-corrected chi connectivity index (χ2v) is 1.34. The first-order valence-electron chi connectivity index (χ1n) is 0.698. The Balaban J connectivity index is -0.00000000381. The summed E-state index contributed by atoms with van der Waals surface area (Å²) in [6.07, 6.45) is 0. The van der Waals surface area contributed by atoms with Crippen LogP contribution in [0.4, 0.5) is 0 Å². The molecular weight excluding hydrogens is 161 g/mol. The third-order valence-electron chi connectivity index (χ3n) is 0. The van der Waals surface area contributed by atoms with Gasteiger partial charge < -0.3 is 11.2 Å². The van der Waals surface area contributed by atoms with E-state index in [1.165, 1.54) is 0 Å². The number of rotatable bonds is 0. The molecule has 0 saturated carbocycles. The zero-order chi connectivity index (χ0) is 4.50. The van der Waals surface area contributed by atoms with Crippen molar-refractivity contribution in [2.24, 2.45) is 0 Å². The van der Waals surface area contributed by atoms with Crippen LogP contribution in [0, 0.1) is 0 Å². The fourth-order valence-corrected chi connectivity index (χ4v) is 0. The van der Waals surface area contributed by atoms with Gasteiger partial charge in [0, 0.05) is 0 Å². The van der Waals surface area contributed by atoms with Gasteiger partial charge >= 0.3 is 58.3 Å². The molecule has 0 atom stereocenters. The van der Waals surface area contributed by atoms with E-state index in [1.54, 1.807) is 0 Å². The minimum Gasteiger partial charge on any atom is -1.00 e. The van der Waals surface area contributed by atoms with Crippen molar-refractivity contribution >= 4 is 58.3 Å². The van der Waals surface area contributed by atoms with Crippen LogP contribution < -0.4 is 0 Å². The fraction of sp³-hybridized carbons (Fsp3) is 0. The van der Waals surface area contributed by atoms with Gasteiger partial charge in [0.15, 0.2) is 0 Å². The molecule has 0 aromatic rings. The second kappa shape index (κ2) is 8.26. The van der Waals surface area contributed by atoms with Gasteiger partial charge in [0.2, 0.25) is 0 Å². The Bertz CT molecular complexity index is 107. The van der Waals surface area contributed by atoms with E-state index in [0.29, 0.717) is 0 Å². The molecule has 0 rings (SSSR count). The Morgan fingerprint density at radius 3 is 1.25 bits per heavy atom. The van der Waals surface area contributed by atoms with Gasteiger partial charge in [0.1, 0.15) is 0 Å². The molecule has 0 saturated heterocycles. The zero-order valence-corrected chi connectivity index (χ0v) is 7.06. The number of hydrogen-bond acceptors (Lipinski definition) is 2. The van der Waals surface area contributed by atoms with Gasteiger partial charge in [-0.1, -0.05) is 0 Å². The third kappa shape index (κ3) is 179. The first kappa shape index (κ1) is 22.8. The molecule has 48 valence electrons. The Morgan fingerprint density at radius 2 is 1.25 bits per heavy atom. The van der Waals surface area contributed by atoms with Crippen LogP contribution in [0.25, 0.3) is 0 Å². The summed E-state index contributed by atoms with van der Waals surface area (Å²) in [4.78, 5) is 0. The maximum absolute atomic E-state index is 8.74. The molecule has 0 aromatic carbocycles. The van der Waals surface area contributed by atoms with E-state index < -0.39 is 10.4 Å². The summed E-state index contributed by atoms with van der Waals surface area (Å²) >= 11 is 0. The minimum absolute atomic E-state index is 0. The first-order valence-corrected chi connectivity index (χ1v) is 2.10. The number of hydrogen-bond donors (Lipinski definition) is 2. The van der Waals surface area contributed by atoms with Crippen LogP contribution in [0.1, 0.15) is 5.71 Å². The van der Waals surface area contributed by atoms with Crippen LogP contribution in [-0.4, -0.2) is 70.9 Å². The Hall–Kier alpha value is 1.26. The average molecular weight is 169 g/mol. The van der Waals surface area contributed by atoms with Gasteiger partial charge in [-0.15, -0.1) is 0 Å². The maximum Gasteiger partial charge on any atom is 2.00 e. The predicted molar refractivity (Wildman–Crippen MR) is 33.7 cm³/mol. The fourth-order valence-electron chi connectivity index (χ4n) is 0. The topological polar surface area (TPSA) is 106 Å². The molecule has 0 aliphatic carbocycles. The van der Waals surface area contributed by atoms with Crippen LogP contribution in [0.5, 0.6) is 0 Å². The van der Waals surface area contributed by atoms with Crippen LogP contribution >= 0.6 is 0 Å². The SMILES string of the molecule is O.O=S(=O)(O)O.[Be+2].[Ca+2].[H-].[H-].[H-].[H-].